The number of benzene rings is 2. The third-order valence-electron chi connectivity index (χ3n) is 2.86. The monoisotopic (exact) mass is 462 g/mol. The maximum absolute atomic E-state index is 12.4. The van der Waals surface area contributed by atoms with Crippen molar-refractivity contribution in [2.45, 2.75) is 0 Å². The van der Waals surface area contributed by atoms with Gasteiger partial charge in [0, 0.05) is 16.2 Å². The molecule has 0 aliphatic carbocycles. The Morgan fingerprint density at radius 1 is 1.30 bits per heavy atom. The molecule has 0 atom stereocenters. The van der Waals surface area contributed by atoms with E-state index >= 15 is 0 Å². The van der Waals surface area contributed by atoms with Crippen molar-refractivity contribution in [3.05, 3.63) is 60.0 Å². The molecule has 0 fully saturated rings. The van der Waals surface area contributed by atoms with Crippen molar-refractivity contribution in [2.24, 2.45) is 0 Å². The van der Waals surface area contributed by atoms with E-state index in [1.807, 2.05) is 0 Å². The molecule has 1 amide bonds. The lowest BCUT2D eigenvalue weighted by Gasteiger charge is -2.12. The van der Waals surface area contributed by atoms with Crippen molar-refractivity contribution in [2.75, 3.05) is 12.4 Å². The van der Waals surface area contributed by atoms with Gasteiger partial charge in [-0.05, 0) is 40.2 Å². The van der Waals surface area contributed by atoms with Gasteiger partial charge in [0.1, 0.15) is 10.8 Å². The van der Waals surface area contributed by atoms with Crippen LogP contribution in [0.1, 0.15) is 10.4 Å². The Balaban J connectivity index is 2.37. The Labute approximate surface area is 153 Å². The predicted molar refractivity (Wildman–Crippen MR) is 94.5 cm³/mol. The van der Waals surface area contributed by atoms with E-state index in [0.29, 0.717) is 14.7 Å². The van der Waals surface area contributed by atoms with Crippen LogP contribution in [0.25, 0.3) is 0 Å². The smallest absolute Gasteiger partial charge is 0.289 e. The summed E-state index contributed by atoms with van der Waals surface area (Å²) < 4.78 is 6.49. The Kier molecular flexibility index (Phi) is 5.61. The van der Waals surface area contributed by atoms with Gasteiger partial charge in [-0.2, -0.15) is 0 Å². The Hall–Kier alpha value is -1.64. The first-order chi connectivity index (χ1) is 10.8. The minimum atomic E-state index is -0.617. The van der Waals surface area contributed by atoms with E-state index in [-0.39, 0.29) is 22.0 Å². The summed E-state index contributed by atoms with van der Waals surface area (Å²) in [6, 6.07) is 7.35. The fourth-order valence-electron chi connectivity index (χ4n) is 1.87. The number of nitro groups is 1. The number of ether oxygens (including phenoxy) is 1. The minimum absolute atomic E-state index is 0.00391. The molecule has 23 heavy (non-hydrogen) atoms. The van der Waals surface area contributed by atoms with Crippen molar-refractivity contribution in [3.63, 3.8) is 0 Å². The topological polar surface area (TPSA) is 81.5 Å². The van der Waals surface area contributed by atoms with E-state index in [1.165, 1.54) is 25.3 Å². The quantitative estimate of drug-likeness (QED) is 0.508. The van der Waals surface area contributed by atoms with Crippen molar-refractivity contribution >= 4 is 60.7 Å². The number of carbonyl (C=O) groups excluding carboxylic acids is 1. The molecule has 0 radical (unpaired) electrons. The molecule has 0 aliphatic rings. The second-order valence-corrected chi connectivity index (χ2v) is 6.52. The normalized spacial score (nSPS) is 10.3. The fraction of sp³-hybridized carbons (Fsp3) is 0.0714. The zero-order valence-electron chi connectivity index (χ0n) is 11.6. The van der Waals surface area contributed by atoms with Crippen molar-refractivity contribution in [1.82, 2.24) is 0 Å². The van der Waals surface area contributed by atoms with Crippen molar-refractivity contribution in [1.29, 1.82) is 0 Å². The van der Waals surface area contributed by atoms with E-state index in [1.54, 1.807) is 12.1 Å². The van der Waals surface area contributed by atoms with Gasteiger partial charge in [0.15, 0.2) is 0 Å². The molecule has 0 aliphatic heterocycles. The molecule has 120 valence electrons. The molecular weight excluding hydrogens is 455 g/mol. The second-order valence-electron chi connectivity index (χ2n) is 4.35. The minimum Gasteiger partial charge on any atom is -0.495 e. The summed E-state index contributed by atoms with van der Waals surface area (Å²) in [5, 5.41) is 13.5. The fourth-order valence-corrected chi connectivity index (χ4v) is 3.44. The Morgan fingerprint density at radius 3 is 2.61 bits per heavy atom. The number of nitrogens with zero attached hydrogens (tertiary/aromatic N) is 1. The van der Waals surface area contributed by atoms with E-state index in [0.717, 1.165) is 0 Å². The zero-order valence-corrected chi connectivity index (χ0v) is 15.5. The molecule has 2 rings (SSSR count). The third kappa shape index (κ3) is 4.01. The molecule has 0 aromatic heterocycles. The highest BCUT2D eigenvalue weighted by Crippen LogP contribution is 2.33. The lowest BCUT2D eigenvalue weighted by atomic mass is 10.1. The number of carbonyl (C=O) groups is 1. The van der Waals surface area contributed by atoms with Crippen molar-refractivity contribution in [3.8, 4) is 5.75 Å². The Bertz CT molecular complexity index is 799. The summed E-state index contributed by atoms with van der Waals surface area (Å²) >= 11 is 12.4. The summed E-state index contributed by atoms with van der Waals surface area (Å²) in [6.45, 7) is 0. The number of methoxy groups -OCH3 is 1. The van der Waals surface area contributed by atoms with Gasteiger partial charge in [-0.25, -0.2) is 0 Å². The van der Waals surface area contributed by atoms with Gasteiger partial charge in [0.05, 0.1) is 22.1 Å². The van der Waals surface area contributed by atoms with E-state index in [4.69, 9.17) is 16.3 Å². The average molecular weight is 464 g/mol. The zero-order chi connectivity index (χ0) is 17.1. The van der Waals surface area contributed by atoms with Gasteiger partial charge in [-0.15, -0.1) is 0 Å². The first-order valence-corrected chi connectivity index (χ1v) is 8.08. The second kappa shape index (κ2) is 7.29. The van der Waals surface area contributed by atoms with Crippen LogP contribution in [0.15, 0.2) is 39.3 Å². The van der Waals surface area contributed by atoms with E-state index in [2.05, 4.69) is 37.2 Å². The summed E-state index contributed by atoms with van der Waals surface area (Å²) in [5.41, 5.74) is 0.238. The van der Waals surface area contributed by atoms with Gasteiger partial charge >= 0.3 is 0 Å². The molecule has 9 heteroatoms. The van der Waals surface area contributed by atoms with Crippen LogP contribution in [0.2, 0.25) is 5.02 Å². The average Bonchev–Trinajstić information content (AvgIpc) is 2.48. The predicted octanol–water partition coefficient (Wildman–Crippen LogP) is 5.03. The number of nitro benzene ring substituents is 1. The van der Waals surface area contributed by atoms with Crippen LogP contribution in [0.4, 0.5) is 11.4 Å². The van der Waals surface area contributed by atoms with Crippen LogP contribution >= 0.6 is 43.5 Å². The molecule has 0 saturated heterocycles. The van der Waals surface area contributed by atoms with Crippen LogP contribution in [-0.2, 0) is 0 Å². The first-order valence-electron chi connectivity index (χ1n) is 6.11. The lowest BCUT2D eigenvalue weighted by Crippen LogP contribution is -2.13. The molecule has 0 bridgehead atoms. The van der Waals surface area contributed by atoms with Crippen LogP contribution in [0, 0.1) is 10.1 Å². The van der Waals surface area contributed by atoms with Gasteiger partial charge in [0.2, 0.25) is 0 Å². The van der Waals surface area contributed by atoms with Crippen LogP contribution in [0.5, 0.6) is 5.75 Å². The van der Waals surface area contributed by atoms with Gasteiger partial charge < -0.3 is 10.1 Å². The Morgan fingerprint density at radius 2 is 2.00 bits per heavy atom. The standard InChI is InChI=1S/C14H9Br2ClN2O4/c1-23-13-9(4-7(15)5-10(13)16)14(20)18-8-2-3-11(17)12(6-8)19(21)22/h2-6H,1H3,(H,18,20). The summed E-state index contributed by atoms with van der Waals surface area (Å²) in [4.78, 5) is 22.7. The maximum Gasteiger partial charge on any atom is 0.289 e. The highest BCUT2D eigenvalue weighted by atomic mass is 79.9. The summed E-state index contributed by atoms with van der Waals surface area (Å²) in [5.74, 6) is -0.116. The number of hydrogen-bond acceptors (Lipinski definition) is 4. The third-order valence-corrected chi connectivity index (χ3v) is 4.22. The molecule has 0 spiro atoms. The molecule has 0 heterocycles. The van der Waals surface area contributed by atoms with Gasteiger partial charge in [0.25, 0.3) is 11.6 Å². The summed E-state index contributed by atoms with van der Waals surface area (Å²) in [7, 11) is 1.44. The number of rotatable bonds is 4. The SMILES string of the molecule is COc1c(Br)cc(Br)cc1C(=O)Nc1ccc(Cl)c([N+](=O)[O-])c1. The molecule has 6 nitrogen and oxygen atoms in total. The molecule has 1 N–H and O–H groups in total. The van der Waals surface area contributed by atoms with Crippen LogP contribution < -0.4 is 10.1 Å². The van der Waals surface area contributed by atoms with Gasteiger partial charge in [-0.1, -0.05) is 27.5 Å². The van der Waals surface area contributed by atoms with E-state index < -0.39 is 10.8 Å². The van der Waals surface area contributed by atoms with Crippen LogP contribution in [-0.4, -0.2) is 17.9 Å². The van der Waals surface area contributed by atoms with Crippen LogP contribution in [0.3, 0.4) is 0 Å². The number of nitrogens with one attached hydrogen (secondary N) is 1. The molecule has 2 aromatic carbocycles. The van der Waals surface area contributed by atoms with Gasteiger partial charge in [-0.3, -0.25) is 14.9 Å². The molecular formula is C14H9Br2ClN2O4. The van der Waals surface area contributed by atoms with Crippen molar-refractivity contribution < 1.29 is 14.5 Å². The number of amides is 1. The lowest BCUT2D eigenvalue weighted by molar-refractivity contribution is -0.384. The molecule has 0 unspecified atom stereocenters. The summed E-state index contributed by atoms with van der Waals surface area (Å²) in [6.07, 6.45) is 0. The highest BCUT2D eigenvalue weighted by molar-refractivity contribution is 9.11. The molecule has 2 aromatic rings. The molecule has 0 saturated carbocycles. The maximum atomic E-state index is 12.4. The number of hydrogen-bond donors (Lipinski definition) is 1. The first kappa shape index (κ1) is 17.7. The number of halogens is 3. The highest BCUT2D eigenvalue weighted by Gasteiger charge is 2.18. The largest absolute Gasteiger partial charge is 0.495 e. The number of anilines is 1. The van der Waals surface area contributed by atoms with E-state index in [9.17, 15) is 14.9 Å².